The molecule has 0 spiro atoms. The lowest BCUT2D eigenvalue weighted by Gasteiger charge is -2.32. The van der Waals surface area contributed by atoms with Gasteiger partial charge in [0.2, 0.25) is 0 Å². The summed E-state index contributed by atoms with van der Waals surface area (Å²) in [5.41, 5.74) is 2.97. The van der Waals surface area contributed by atoms with E-state index in [-0.39, 0.29) is 11.9 Å². The summed E-state index contributed by atoms with van der Waals surface area (Å²) < 4.78 is 21.7. The maximum Gasteiger partial charge on any atom is 0.320 e. The first-order valence-corrected chi connectivity index (χ1v) is 9.79. The molecular formula is C19H19FN8O. The number of hydrogen-bond donors (Lipinski definition) is 2. The second-order valence-corrected chi connectivity index (χ2v) is 7.53. The molecule has 0 radical (unpaired) electrons. The number of rotatable bonds is 4. The molecule has 29 heavy (non-hydrogen) atoms. The van der Waals surface area contributed by atoms with Gasteiger partial charge < -0.3 is 19.6 Å². The number of aromatic nitrogens is 6. The third-order valence-electron chi connectivity index (χ3n) is 5.77. The Balaban J connectivity index is 1.41. The average molecular weight is 394 g/mol. The molecule has 1 atom stereocenters. The van der Waals surface area contributed by atoms with Gasteiger partial charge in [0.05, 0.1) is 17.7 Å². The monoisotopic (exact) mass is 394 g/mol. The van der Waals surface area contributed by atoms with Gasteiger partial charge in [-0.1, -0.05) is 10.2 Å². The van der Waals surface area contributed by atoms with Crippen molar-refractivity contribution in [3.63, 3.8) is 0 Å². The number of nitrogens with zero attached hydrogens (tertiary/aromatic N) is 6. The quantitative estimate of drug-likeness (QED) is 0.549. The third kappa shape index (κ3) is 2.66. The van der Waals surface area contributed by atoms with E-state index < -0.39 is 0 Å². The molecule has 1 fully saturated rings. The number of nitrogens with one attached hydrogen (secondary N) is 2. The predicted octanol–water partition coefficient (Wildman–Crippen LogP) is 2.70. The van der Waals surface area contributed by atoms with E-state index in [4.69, 9.17) is 4.42 Å². The lowest BCUT2D eigenvalue weighted by Crippen LogP contribution is -2.37. The van der Waals surface area contributed by atoms with E-state index in [1.807, 2.05) is 4.90 Å². The van der Waals surface area contributed by atoms with Crippen LogP contribution in [0.4, 0.5) is 16.4 Å². The summed E-state index contributed by atoms with van der Waals surface area (Å²) in [6, 6.07) is 5.70. The highest BCUT2D eigenvalue weighted by atomic mass is 19.1. The Hall–Kier alpha value is -3.43. The highest BCUT2D eigenvalue weighted by molar-refractivity contribution is 5.53. The second kappa shape index (κ2) is 6.29. The standard InChI is InChI=1S/C19H19FN8O/c20-12-5-2-7-28-15(12)9-14(26-28)17-16-13(21-10-22-16)6-8-27(17)19-25-24-18(29-19)23-11-3-1-4-11/h2,5,7,9-11,17H,1,3-4,6,8H2,(H,21,22)(H,23,24)/t17-/m0/s1. The molecule has 1 aliphatic heterocycles. The minimum atomic E-state index is -0.346. The maximum atomic E-state index is 14.2. The minimum absolute atomic E-state index is 0.319. The molecule has 148 valence electrons. The zero-order valence-electron chi connectivity index (χ0n) is 15.5. The summed E-state index contributed by atoms with van der Waals surface area (Å²) in [6.07, 6.45) is 7.63. The number of fused-ring (bicyclic) bond motifs is 2. The van der Waals surface area contributed by atoms with Gasteiger partial charge in [0, 0.05) is 30.9 Å². The zero-order valence-corrected chi connectivity index (χ0v) is 15.5. The molecule has 2 N–H and O–H groups in total. The number of imidazole rings is 1. The SMILES string of the molecule is Fc1cccn2nc([C@H]3c4nc[nH]c4CCN3c3nnc(NC4CCC4)o3)cc12. The largest absolute Gasteiger partial charge is 0.389 e. The summed E-state index contributed by atoms with van der Waals surface area (Å²) in [7, 11) is 0. The molecule has 10 heteroatoms. The van der Waals surface area contributed by atoms with Crippen LogP contribution >= 0.6 is 0 Å². The Labute approximate surface area is 165 Å². The van der Waals surface area contributed by atoms with E-state index in [9.17, 15) is 4.39 Å². The van der Waals surface area contributed by atoms with Crippen molar-refractivity contribution >= 4 is 17.5 Å². The molecule has 0 aromatic carbocycles. The predicted molar refractivity (Wildman–Crippen MR) is 102 cm³/mol. The Kier molecular flexibility index (Phi) is 3.58. The normalized spacial score (nSPS) is 19.3. The lowest BCUT2D eigenvalue weighted by molar-refractivity contribution is 0.426. The number of hydrogen-bond acceptors (Lipinski definition) is 7. The molecule has 9 nitrogen and oxygen atoms in total. The topological polar surface area (TPSA) is 100 Å². The molecule has 4 aromatic heterocycles. The fraction of sp³-hybridized carbons (Fsp3) is 0.368. The van der Waals surface area contributed by atoms with Crippen molar-refractivity contribution in [1.82, 2.24) is 29.8 Å². The van der Waals surface area contributed by atoms with E-state index in [2.05, 4.69) is 30.6 Å². The van der Waals surface area contributed by atoms with E-state index in [1.54, 1.807) is 29.2 Å². The van der Waals surface area contributed by atoms with E-state index in [0.29, 0.717) is 35.8 Å². The van der Waals surface area contributed by atoms with Gasteiger partial charge in [-0.25, -0.2) is 13.9 Å². The number of anilines is 2. The molecule has 4 aromatic rings. The Bertz CT molecular complexity index is 1180. The zero-order chi connectivity index (χ0) is 19.4. The first-order valence-electron chi connectivity index (χ1n) is 9.79. The molecule has 6 rings (SSSR count). The average Bonchev–Trinajstić information content (AvgIpc) is 3.42. The molecule has 0 unspecified atom stereocenters. The van der Waals surface area contributed by atoms with Gasteiger partial charge in [0.25, 0.3) is 0 Å². The Morgan fingerprint density at radius 3 is 3.03 bits per heavy atom. The first-order chi connectivity index (χ1) is 14.3. The highest BCUT2D eigenvalue weighted by Gasteiger charge is 2.36. The smallest absolute Gasteiger partial charge is 0.320 e. The van der Waals surface area contributed by atoms with Crippen molar-refractivity contribution in [2.45, 2.75) is 37.8 Å². The van der Waals surface area contributed by atoms with Gasteiger partial charge >= 0.3 is 12.0 Å². The second-order valence-electron chi connectivity index (χ2n) is 7.53. The molecule has 0 saturated heterocycles. The minimum Gasteiger partial charge on any atom is -0.389 e. The van der Waals surface area contributed by atoms with Crippen LogP contribution in [0.25, 0.3) is 5.52 Å². The van der Waals surface area contributed by atoms with Gasteiger partial charge in [-0.3, -0.25) is 0 Å². The van der Waals surface area contributed by atoms with E-state index in [0.717, 1.165) is 30.7 Å². The van der Waals surface area contributed by atoms with Crippen LogP contribution in [-0.2, 0) is 6.42 Å². The lowest BCUT2D eigenvalue weighted by atomic mass is 9.93. The molecule has 0 amide bonds. The van der Waals surface area contributed by atoms with Gasteiger partial charge in [-0.05, 0) is 37.5 Å². The van der Waals surface area contributed by atoms with Gasteiger partial charge in [0.15, 0.2) is 0 Å². The molecule has 0 bridgehead atoms. The summed E-state index contributed by atoms with van der Waals surface area (Å²) in [5.74, 6) is -0.319. The van der Waals surface area contributed by atoms with Crippen molar-refractivity contribution in [2.24, 2.45) is 0 Å². The van der Waals surface area contributed by atoms with Crippen LogP contribution in [0.2, 0.25) is 0 Å². The molecular weight excluding hydrogens is 375 g/mol. The molecule has 2 aliphatic rings. The summed E-state index contributed by atoms with van der Waals surface area (Å²) in [4.78, 5) is 9.70. The Morgan fingerprint density at radius 1 is 1.28 bits per heavy atom. The van der Waals surface area contributed by atoms with Crippen molar-refractivity contribution in [3.05, 3.63) is 53.6 Å². The third-order valence-corrected chi connectivity index (χ3v) is 5.77. The number of halogens is 1. The Morgan fingerprint density at radius 2 is 2.21 bits per heavy atom. The summed E-state index contributed by atoms with van der Waals surface area (Å²) >= 11 is 0. The highest BCUT2D eigenvalue weighted by Crippen LogP contribution is 2.37. The van der Waals surface area contributed by atoms with Crippen LogP contribution in [0, 0.1) is 5.82 Å². The molecule has 5 heterocycles. The molecule has 1 saturated carbocycles. The fourth-order valence-corrected chi connectivity index (χ4v) is 4.03. The van der Waals surface area contributed by atoms with Crippen LogP contribution in [0.15, 0.2) is 35.1 Å². The summed E-state index contributed by atoms with van der Waals surface area (Å²) in [6.45, 7) is 0.654. The van der Waals surface area contributed by atoms with E-state index in [1.165, 1.54) is 12.5 Å². The van der Waals surface area contributed by atoms with Crippen LogP contribution < -0.4 is 10.2 Å². The van der Waals surface area contributed by atoms with Crippen LogP contribution in [-0.4, -0.2) is 42.4 Å². The van der Waals surface area contributed by atoms with Crippen LogP contribution in [0.5, 0.6) is 0 Å². The van der Waals surface area contributed by atoms with Crippen molar-refractivity contribution in [3.8, 4) is 0 Å². The van der Waals surface area contributed by atoms with Crippen LogP contribution in [0.3, 0.4) is 0 Å². The number of H-pyrrole nitrogens is 1. The van der Waals surface area contributed by atoms with Gasteiger partial charge in [0.1, 0.15) is 17.4 Å². The summed E-state index contributed by atoms with van der Waals surface area (Å²) in [5, 5.41) is 16.3. The van der Waals surface area contributed by atoms with E-state index >= 15 is 0 Å². The van der Waals surface area contributed by atoms with Gasteiger partial charge in [-0.2, -0.15) is 5.10 Å². The van der Waals surface area contributed by atoms with Gasteiger partial charge in [-0.15, -0.1) is 0 Å². The maximum absolute atomic E-state index is 14.2. The number of aromatic amines is 1. The van der Waals surface area contributed by atoms with Crippen molar-refractivity contribution in [2.75, 3.05) is 16.8 Å². The number of pyridine rings is 1. The fourth-order valence-electron chi connectivity index (χ4n) is 4.03. The van der Waals surface area contributed by atoms with Crippen molar-refractivity contribution < 1.29 is 8.81 Å². The van der Waals surface area contributed by atoms with Crippen molar-refractivity contribution in [1.29, 1.82) is 0 Å². The first kappa shape index (κ1) is 16.5. The van der Waals surface area contributed by atoms with Crippen LogP contribution in [0.1, 0.15) is 42.4 Å². The molecule has 1 aliphatic carbocycles.